The fourth-order valence-electron chi connectivity index (χ4n) is 2.03. The largest absolute Gasteiger partial charge is 0.272 e. The molecule has 0 fully saturated rings. The molecule has 0 radical (unpaired) electrons. The van der Waals surface area contributed by atoms with Crippen molar-refractivity contribution in [2.24, 2.45) is 5.10 Å². The van der Waals surface area contributed by atoms with Gasteiger partial charge in [-0.25, -0.2) is 5.43 Å². The zero-order valence-corrected chi connectivity index (χ0v) is 13.7. The van der Waals surface area contributed by atoms with Gasteiger partial charge in [0.2, 0.25) is 0 Å². The van der Waals surface area contributed by atoms with E-state index in [4.69, 9.17) is 0 Å². The maximum atomic E-state index is 11.8. The van der Waals surface area contributed by atoms with Gasteiger partial charge in [-0.2, -0.15) is 5.10 Å². The van der Waals surface area contributed by atoms with Gasteiger partial charge >= 0.3 is 0 Å². The van der Waals surface area contributed by atoms with Crippen LogP contribution in [0.5, 0.6) is 0 Å². The molecule has 2 aromatic rings. The fraction of sp³-hybridized carbons (Fsp3) is 0.211. The minimum absolute atomic E-state index is 0.275. The number of carbonyl (C=O) groups is 1. The average Bonchev–Trinajstić information content (AvgIpc) is 2.56. The second-order valence-corrected chi connectivity index (χ2v) is 5.65. The van der Waals surface area contributed by atoms with Crippen molar-refractivity contribution in [3.63, 3.8) is 0 Å². The summed E-state index contributed by atoms with van der Waals surface area (Å²) in [6.45, 7) is 6.29. The van der Waals surface area contributed by atoms with E-state index in [1.165, 1.54) is 11.8 Å². The van der Waals surface area contributed by atoms with Gasteiger partial charge in [0, 0.05) is 12.4 Å². The normalized spacial score (nSPS) is 11.9. The summed E-state index contributed by atoms with van der Waals surface area (Å²) in [6, 6.07) is 11.8. The molecule has 2 rings (SSSR count). The monoisotopic (exact) mass is 307 g/mol. The number of amides is 1. The van der Waals surface area contributed by atoms with Gasteiger partial charge in [-0.3, -0.25) is 9.78 Å². The number of pyridine rings is 1. The zero-order chi connectivity index (χ0) is 16.7. The maximum Gasteiger partial charge on any atom is 0.272 e. The summed E-state index contributed by atoms with van der Waals surface area (Å²) < 4.78 is 0. The number of hydrogen-bond donors (Lipinski definition) is 1. The van der Waals surface area contributed by atoms with E-state index in [9.17, 15) is 4.79 Å². The summed E-state index contributed by atoms with van der Waals surface area (Å²) in [6.07, 6.45) is 6.77. The Morgan fingerprint density at radius 3 is 2.57 bits per heavy atom. The number of hydrazone groups is 1. The molecule has 1 N–H and O–H groups in total. The van der Waals surface area contributed by atoms with Crippen LogP contribution >= 0.6 is 0 Å². The number of aromatic nitrogens is 1. The van der Waals surface area contributed by atoms with Gasteiger partial charge in [0.25, 0.3) is 5.91 Å². The van der Waals surface area contributed by atoms with Crippen molar-refractivity contribution >= 4 is 18.2 Å². The molecule has 0 aliphatic rings. The quantitative estimate of drug-likeness (QED) is 0.670. The van der Waals surface area contributed by atoms with E-state index in [0.717, 1.165) is 11.1 Å². The Kier molecular flexibility index (Phi) is 5.80. The van der Waals surface area contributed by atoms with Crippen molar-refractivity contribution in [1.82, 2.24) is 10.4 Å². The van der Waals surface area contributed by atoms with Crippen LogP contribution in [0.3, 0.4) is 0 Å². The summed E-state index contributed by atoms with van der Waals surface area (Å²) in [5, 5.41) is 3.97. The third kappa shape index (κ3) is 5.18. The lowest BCUT2D eigenvalue weighted by molar-refractivity contribution is 0.0955. The lowest BCUT2D eigenvalue weighted by Crippen LogP contribution is -2.17. The molecule has 1 aromatic carbocycles. The lowest BCUT2D eigenvalue weighted by Gasteiger charge is -2.05. The van der Waals surface area contributed by atoms with Crippen molar-refractivity contribution < 1.29 is 4.79 Å². The van der Waals surface area contributed by atoms with Crippen LogP contribution in [-0.4, -0.2) is 17.1 Å². The molecule has 0 spiro atoms. The van der Waals surface area contributed by atoms with Gasteiger partial charge < -0.3 is 0 Å². The van der Waals surface area contributed by atoms with Crippen LogP contribution in [0.25, 0.3) is 6.08 Å². The number of benzene rings is 1. The molecular formula is C19H21N3O. The van der Waals surface area contributed by atoms with Gasteiger partial charge in [-0.05, 0) is 41.7 Å². The first kappa shape index (κ1) is 16.6. The van der Waals surface area contributed by atoms with Crippen molar-refractivity contribution in [3.8, 4) is 0 Å². The molecular weight excluding hydrogens is 286 g/mol. The smallest absolute Gasteiger partial charge is 0.267 e. The summed E-state index contributed by atoms with van der Waals surface area (Å²) in [4.78, 5) is 15.7. The third-order valence-electron chi connectivity index (χ3n) is 3.36. The Bertz CT molecular complexity index is 701. The standard InChI is InChI=1S/C19H21N3O/c1-14(2)17-8-6-16(7-9-17)11-15(3)12-21-22-19(23)18-5-4-10-20-13-18/h4-14H,1-3H3,(H,22,23)/b15-11-,21-12?. The van der Waals surface area contributed by atoms with E-state index in [-0.39, 0.29) is 5.91 Å². The number of rotatable bonds is 5. The Morgan fingerprint density at radius 2 is 1.96 bits per heavy atom. The maximum absolute atomic E-state index is 11.8. The Labute approximate surface area is 137 Å². The van der Waals surface area contributed by atoms with E-state index in [0.29, 0.717) is 11.5 Å². The number of hydrogen-bond acceptors (Lipinski definition) is 3. The Balaban J connectivity index is 1.95. The number of nitrogens with zero attached hydrogens (tertiary/aromatic N) is 2. The third-order valence-corrected chi connectivity index (χ3v) is 3.36. The first-order chi connectivity index (χ1) is 11.1. The summed E-state index contributed by atoms with van der Waals surface area (Å²) in [7, 11) is 0. The second-order valence-electron chi connectivity index (χ2n) is 5.65. The first-order valence-electron chi connectivity index (χ1n) is 7.58. The molecule has 0 unspecified atom stereocenters. The van der Waals surface area contributed by atoms with Crippen molar-refractivity contribution in [1.29, 1.82) is 0 Å². The fourth-order valence-corrected chi connectivity index (χ4v) is 2.03. The SMILES string of the molecule is C/C(C=NNC(=O)c1cccnc1)=C/c1ccc(C(C)C)cc1. The van der Waals surface area contributed by atoms with E-state index in [1.54, 1.807) is 24.5 Å². The van der Waals surface area contributed by atoms with Gasteiger partial charge in [-0.15, -0.1) is 0 Å². The summed E-state index contributed by atoms with van der Waals surface area (Å²) >= 11 is 0. The molecule has 0 aliphatic heterocycles. The van der Waals surface area contributed by atoms with Crippen LogP contribution in [0.2, 0.25) is 0 Å². The van der Waals surface area contributed by atoms with Gasteiger partial charge in [-0.1, -0.05) is 44.2 Å². The molecule has 0 saturated carbocycles. The van der Waals surface area contributed by atoms with Gasteiger partial charge in [0.1, 0.15) is 0 Å². The molecule has 1 amide bonds. The topological polar surface area (TPSA) is 54.4 Å². The van der Waals surface area contributed by atoms with Crippen molar-refractivity contribution in [3.05, 3.63) is 71.1 Å². The highest BCUT2D eigenvalue weighted by Crippen LogP contribution is 2.15. The zero-order valence-electron chi connectivity index (χ0n) is 13.7. The van der Waals surface area contributed by atoms with Crippen molar-refractivity contribution in [2.75, 3.05) is 0 Å². The number of carbonyl (C=O) groups excluding carboxylic acids is 1. The van der Waals surface area contributed by atoms with Crippen LogP contribution in [-0.2, 0) is 0 Å². The van der Waals surface area contributed by atoms with E-state index < -0.39 is 0 Å². The molecule has 1 heterocycles. The van der Waals surface area contributed by atoms with Crippen LogP contribution in [0.4, 0.5) is 0 Å². The Hall–Kier alpha value is -2.75. The highest BCUT2D eigenvalue weighted by molar-refractivity contribution is 5.94. The summed E-state index contributed by atoms with van der Waals surface area (Å²) in [5.74, 6) is 0.252. The first-order valence-corrected chi connectivity index (χ1v) is 7.58. The molecule has 1 aromatic heterocycles. The minimum Gasteiger partial charge on any atom is -0.267 e. The average molecular weight is 307 g/mol. The molecule has 0 aliphatic carbocycles. The van der Waals surface area contributed by atoms with E-state index in [2.05, 4.69) is 53.6 Å². The van der Waals surface area contributed by atoms with Crippen LogP contribution in [0.1, 0.15) is 48.2 Å². The van der Waals surface area contributed by atoms with E-state index in [1.807, 2.05) is 13.0 Å². The van der Waals surface area contributed by atoms with Crippen LogP contribution in [0.15, 0.2) is 59.5 Å². The van der Waals surface area contributed by atoms with Crippen LogP contribution in [0, 0.1) is 0 Å². The van der Waals surface area contributed by atoms with Gasteiger partial charge in [0.15, 0.2) is 0 Å². The number of allylic oxidation sites excluding steroid dienone is 1. The van der Waals surface area contributed by atoms with E-state index >= 15 is 0 Å². The van der Waals surface area contributed by atoms with Crippen molar-refractivity contribution in [2.45, 2.75) is 26.7 Å². The second kappa shape index (κ2) is 8.03. The molecule has 118 valence electrons. The predicted octanol–water partition coefficient (Wildman–Crippen LogP) is 4.02. The molecule has 23 heavy (non-hydrogen) atoms. The highest BCUT2D eigenvalue weighted by Gasteiger charge is 2.02. The molecule has 4 heteroatoms. The lowest BCUT2D eigenvalue weighted by atomic mass is 10.0. The molecule has 4 nitrogen and oxygen atoms in total. The van der Waals surface area contributed by atoms with Gasteiger partial charge in [0.05, 0.1) is 11.8 Å². The van der Waals surface area contributed by atoms with Crippen LogP contribution < -0.4 is 5.43 Å². The Morgan fingerprint density at radius 1 is 1.22 bits per heavy atom. The summed E-state index contributed by atoms with van der Waals surface area (Å²) in [5.41, 5.74) is 6.35. The molecule has 0 saturated heterocycles. The predicted molar refractivity (Wildman–Crippen MR) is 94.4 cm³/mol. The number of nitrogens with one attached hydrogen (secondary N) is 1. The minimum atomic E-state index is -0.275. The highest BCUT2D eigenvalue weighted by atomic mass is 16.2. The molecule has 0 bridgehead atoms. The molecule has 0 atom stereocenters.